The molecule has 1 saturated heterocycles. The molecule has 12 amide bonds. The first kappa shape index (κ1) is 96.3. The quantitative estimate of drug-likeness (QED) is 0.0153. The largest absolute Gasteiger partial charge is 0.480 e. The summed E-state index contributed by atoms with van der Waals surface area (Å²) in [7, 11) is 0. The molecule has 1 heterocycles. The lowest BCUT2D eigenvalue weighted by Gasteiger charge is -2.29. The van der Waals surface area contributed by atoms with Crippen LogP contribution < -0.4 is 133 Å². The van der Waals surface area contributed by atoms with E-state index in [0.29, 0.717) is 38.5 Å². The van der Waals surface area contributed by atoms with Crippen LogP contribution in [0, 0.1) is 0 Å². The molecular weight excluding hydrogens is 1430 g/mol. The van der Waals surface area contributed by atoms with Crippen LogP contribution in [0.4, 0.5) is 0 Å². The average Bonchev–Trinajstić information content (AvgIpc) is 1.72. The van der Waals surface area contributed by atoms with E-state index in [9.17, 15) is 72.5 Å². The van der Waals surface area contributed by atoms with Crippen molar-refractivity contribution in [1.82, 2.24) is 58.1 Å². The van der Waals surface area contributed by atoms with Gasteiger partial charge >= 0.3 is 5.97 Å². The molecule has 45 heteroatoms. The maximum atomic E-state index is 14.7. The second-order valence-corrected chi connectivity index (χ2v) is 26.0. The molecule has 618 valence electrons. The van der Waals surface area contributed by atoms with Crippen LogP contribution in [0.3, 0.4) is 0 Å². The van der Waals surface area contributed by atoms with Crippen molar-refractivity contribution in [2.75, 3.05) is 65.4 Å². The molecular formula is C64H122N30O15. The number of aliphatic hydroxyl groups excluding tert-OH is 1. The minimum atomic E-state index is -1.47. The van der Waals surface area contributed by atoms with E-state index in [4.69, 9.17) is 80.3 Å². The molecule has 109 heavy (non-hydrogen) atoms. The zero-order valence-electron chi connectivity index (χ0n) is 62.4. The fourth-order valence-electron chi connectivity index (χ4n) is 11.0. The first-order valence-corrected chi connectivity index (χ1v) is 36.5. The molecule has 0 aliphatic carbocycles. The van der Waals surface area contributed by atoms with Crippen molar-refractivity contribution in [3.05, 3.63) is 0 Å². The van der Waals surface area contributed by atoms with Crippen LogP contribution in [0.5, 0.6) is 0 Å². The highest BCUT2D eigenvalue weighted by atomic mass is 16.4. The number of nitrogens with one attached hydrogen (secondary N) is 10. The topological polar surface area (TPSA) is 812 Å². The van der Waals surface area contributed by atoms with Gasteiger partial charge in [0.1, 0.15) is 67.0 Å². The number of unbranched alkanes of at least 4 members (excludes halogenated alkanes) is 4. The number of carboxylic acid groups (broad SMARTS) is 1. The Morgan fingerprint density at radius 2 is 0.734 bits per heavy atom. The summed E-state index contributed by atoms with van der Waals surface area (Å²) >= 11 is 0. The van der Waals surface area contributed by atoms with Gasteiger partial charge in [-0.1, -0.05) is 6.42 Å². The Morgan fingerprint density at radius 3 is 1.06 bits per heavy atom. The van der Waals surface area contributed by atoms with Crippen LogP contribution >= 0.6 is 0 Å². The van der Waals surface area contributed by atoms with Gasteiger partial charge in [0.2, 0.25) is 70.9 Å². The van der Waals surface area contributed by atoms with Crippen LogP contribution in [-0.4, -0.2) is 254 Å². The van der Waals surface area contributed by atoms with Gasteiger partial charge in [0.25, 0.3) is 0 Å². The van der Waals surface area contributed by atoms with Gasteiger partial charge in [-0.3, -0.25) is 87.3 Å². The van der Waals surface area contributed by atoms with Gasteiger partial charge in [-0.15, -0.1) is 0 Å². The van der Waals surface area contributed by atoms with Crippen molar-refractivity contribution in [3.63, 3.8) is 0 Å². The number of rotatable bonds is 58. The number of likely N-dealkylation sites (tertiary alicyclic amines) is 1. The van der Waals surface area contributed by atoms with Crippen molar-refractivity contribution in [3.8, 4) is 0 Å². The number of carboxylic acids is 1. The van der Waals surface area contributed by atoms with E-state index >= 15 is 0 Å². The molecule has 0 spiro atoms. The summed E-state index contributed by atoms with van der Waals surface area (Å²) in [5, 5.41) is 45.4. The monoisotopic (exact) mass is 1550 g/mol. The summed E-state index contributed by atoms with van der Waals surface area (Å²) in [6.07, 6.45) is 1.10. The number of nitrogens with zero attached hydrogens (tertiary/aromatic N) is 6. The number of aliphatic hydroxyl groups is 1. The minimum absolute atomic E-state index is 0.000190. The Bertz CT molecular complexity index is 3070. The Kier molecular flexibility index (Phi) is 48.4. The van der Waals surface area contributed by atoms with Gasteiger partial charge in [0.05, 0.1) is 6.10 Å². The van der Waals surface area contributed by atoms with Crippen molar-refractivity contribution >= 4 is 107 Å². The first-order valence-electron chi connectivity index (χ1n) is 36.5. The summed E-state index contributed by atoms with van der Waals surface area (Å²) in [4.78, 5) is 198. The smallest absolute Gasteiger partial charge is 0.322 e. The molecule has 0 aromatic rings. The third-order valence-corrected chi connectivity index (χ3v) is 16.8. The highest BCUT2D eigenvalue weighted by Crippen LogP contribution is 2.20. The number of aliphatic imine (C=N–C) groups is 5. The Hall–Kier alpha value is -10.7. The maximum Gasteiger partial charge on any atom is 0.322 e. The Morgan fingerprint density at radius 1 is 0.404 bits per heavy atom. The third-order valence-electron chi connectivity index (χ3n) is 16.8. The van der Waals surface area contributed by atoms with Crippen molar-refractivity contribution < 1.29 is 72.5 Å². The standard InChI is InChI=1S/C64H122N30O15/c1-36(95)49(68)59(109)94-34-14-22-45(94)58(108)93-44(24-25-46(67)96)57(107)87-37(17-9-29-80-60(69)70)50(100)79-28-8-2-3-23-47(97)86-39(19-11-31-82-62(73)74)52(102)91-42(20-12-32-83-63(75)76)56(106)92-43(21-13-33-84-64(77)78)55(105)90-41(16-5-7-27-66)54(104)89-40(15-4-6-26-65)53(103)88-38(18-10-30-81-61(71)72)51(101)85-35-48(98)99/h36-45,49,95H,2-35,65-66,68H2,1H3,(H2,67,96)(H,79,100)(H,85,101)(H,86,97)(H,87,107)(H,88,103)(H,89,104)(H,90,105)(H,91,102)(H,92,106)(H,93,108)(H,98,99)(H4,69,70,80)(H4,71,72,81)(H4,73,74,82)(H4,75,76,83)(H4,77,78,84)/t36-,37+,38+,39+,40+,41+,42+,43+,44+,45+,49+/m1/s1. The van der Waals surface area contributed by atoms with Gasteiger partial charge in [0.15, 0.2) is 29.8 Å². The predicted octanol–water partition coefficient (Wildman–Crippen LogP) is -10.8. The van der Waals surface area contributed by atoms with E-state index in [-0.39, 0.29) is 204 Å². The normalized spacial score (nSPS) is 15.0. The third kappa shape index (κ3) is 43.0. The summed E-state index contributed by atoms with van der Waals surface area (Å²) in [6.45, 7) is 1.26. The maximum absolute atomic E-state index is 14.7. The van der Waals surface area contributed by atoms with E-state index in [1.165, 1.54) is 11.8 Å². The zero-order valence-corrected chi connectivity index (χ0v) is 62.4. The van der Waals surface area contributed by atoms with Crippen LogP contribution in [0.15, 0.2) is 25.0 Å². The second kappa shape index (κ2) is 54.8. The highest BCUT2D eigenvalue weighted by Gasteiger charge is 2.40. The van der Waals surface area contributed by atoms with E-state index in [1.54, 1.807) is 0 Å². The molecule has 0 unspecified atom stereocenters. The fraction of sp³-hybridized carbons (Fsp3) is 0.719. The highest BCUT2D eigenvalue weighted by molar-refractivity contribution is 5.98. The second-order valence-electron chi connectivity index (χ2n) is 26.0. The van der Waals surface area contributed by atoms with Crippen molar-refractivity contribution in [2.45, 2.75) is 228 Å². The van der Waals surface area contributed by atoms with E-state index in [2.05, 4.69) is 78.1 Å². The zero-order chi connectivity index (χ0) is 82.0. The number of amides is 12. The fourth-order valence-corrected chi connectivity index (χ4v) is 11.0. The van der Waals surface area contributed by atoms with Gasteiger partial charge in [-0.25, -0.2) is 0 Å². The number of guanidine groups is 5. The molecule has 0 saturated carbocycles. The number of carbonyl (C=O) groups excluding carboxylic acids is 12. The van der Waals surface area contributed by atoms with Gasteiger partial charge < -0.3 is 149 Å². The molecule has 0 aromatic carbocycles. The lowest BCUT2D eigenvalue weighted by atomic mass is 10.0. The number of hydrogen-bond donors (Lipinski definition) is 26. The molecule has 11 atom stereocenters. The minimum Gasteiger partial charge on any atom is -0.480 e. The summed E-state index contributed by atoms with van der Waals surface area (Å²) in [5.74, 6) is -12.1. The molecule has 1 rings (SSSR count). The molecule has 0 radical (unpaired) electrons. The van der Waals surface area contributed by atoms with Crippen molar-refractivity contribution in [2.24, 2.45) is 105 Å². The molecule has 45 nitrogen and oxygen atoms in total. The summed E-state index contributed by atoms with van der Waals surface area (Å²) in [6, 6.07) is -13.3. The van der Waals surface area contributed by atoms with E-state index < -0.39 is 150 Å². The number of primary amides is 1. The molecule has 1 fully saturated rings. The Labute approximate surface area is 633 Å². The van der Waals surface area contributed by atoms with Gasteiger partial charge in [0, 0.05) is 58.7 Å². The number of carbonyl (C=O) groups is 13. The molecule has 0 bridgehead atoms. The summed E-state index contributed by atoms with van der Waals surface area (Å²) < 4.78 is 0. The number of hydrogen-bond acceptors (Lipinski definition) is 22. The lowest BCUT2D eigenvalue weighted by Crippen LogP contribution is -2.59. The SMILES string of the molecule is C[C@@H](O)[C@H](N)C(=O)N1CCC[C@H]1C(=O)N[C@@H](CCC(N)=O)C(=O)N[C@@H](CCCN=C(N)N)C(=O)NCCCCCC(=O)N[C@@H](CCCN=C(N)N)C(=O)N[C@@H](CCCN=C(N)N)C(=O)N[C@@H](CCCN=C(N)N)C(=O)N[C@@H](CCCCN)C(=O)N[C@@H](CCCCN)C(=O)N[C@@H](CCCN=C(N)N)C(=O)NCC(=O)O. The molecule has 40 N–H and O–H groups in total. The van der Waals surface area contributed by atoms with Crippen LogP contribution in [-0.2, 0) is 62.3 Å². The lowest BCUT2D eigenvalue weighted by molar-refractivity contribution is -0.142. The van der Waals surface area contributed by atoms with Crippen molar-refractivity contribution in [1.29, 1.82) is 0 Å². The van der Waals surface area contributed by atoms with Gasteiger partial charge in [-0.2, -0.15) is 0 Å². The van der Waals surface area contributed by atoms with Crippen LogP contribution in [0.1, 0.15) is 161 Å². The average molecular weight is 1550 g/mol. The van der Waals surface area contributed by atoms with Crippen LogP contribution in [0.25, 0.3) is 0 Å². The molecule has 1 aliphatic rings. The first-order chi connectivity index (χ1) is 51.6. The van der Waals surface area contributed by atoms with E-state index in [0.717, 1.165) is 0 Å². The summed E-state index contributed by atoms with van der Waals surface area (Å²) in [5.41, 5.74) is 78.3. The number of aliphatic carboxylic acids is 1. The molecule has 1 aliphatic heterocycles. The van der Waals surface area contributed by atoms with Gasteiger partial charge in [-0.05, 0) is 155 Å². The van der Waals surface area contributed by atoms with Crippen LogP contribution in [0.2, 0.25) is 0 Å². The Balaban J connectivity index is 3.54. The van der Waals surface area contributed by atoms with E-state index in [1.807, 2.05) is 0 Å². The number of nitrogens with two attached hydrogens (primary N) is 14. The predicted molar refractivity (Wildman–Crippen MR) is 406 cm³/mol. The molecule has 0 aromatic heterocycles.